The highest BCUT2D eigenvalue weighted by atomic mass is 19.1. The first kappa shape index (κ1) is 20.0. The smallest absolute Gasteiger partial charge is 0.236 e. The number of nitrogens with zero attached hydrogens (tertiary/aromatic N) is 3. The van der Waals surface area contributed by atoms with Crippen LogP contribution in [0, 0.1) is 17.7 Å². The van der Waals surface area contributed by atoms with E-state index < -0.39 is 0 Å². The third-order valence-electron chi connectivity index (χ3n) is 7.59. The van der Waals surface area contributed by atoms with Gasteiger partial charge in [-0.05, 0) is 56.2 Å². The summed E-state index contributed by atoms with van der Waals surface area (Å²) in [7, 11) is 0. The first-order valence-electron chi connectivity index (χ1n) is 11.7. The fraction of sp³-hybridized carbons (Fsp3) is 0.667. The highest BCUT2D eigenvalue weighted by Gasteiger charge is 2.49. The molecule has 2 amide bonds. The fourth-order valence-electron chi connectivity index (χ4n) is 5.76. The Labute approximate surface area is 178 Å². The number of piperidine rings is 2. The first-order chi connectivity index (χ1) is 14.6. The number of hydrogen-bond donors (Lipinski definition) is 0. The van der Waals surface area contributed by atoms with Crippen LogP contribution in [0.25, 0.3) is 0 Å². The molecule has 0 bridgehead atoms. The van der Waals surface area contributed by atoms with Crippen molar-refractivity contribution in [3.8, 4) is 0 Å². The number of carbonyl (C=O) groups excluding carboxylic acids is 2. The Morgan fingerprint density at radius 2 is 1.67 bits per heavy atom. The highest BCUT2D eigenvalue weighted by Crippen LogP contribution is 2.44. The second kappa shape index (κ2) is 8.29. The van der Waals surface area contributed by atoms with Crippen LogP contribution in [-0.2, 0) is 9.59 Å². The minimum Gasteiger partial charge on any atom is -0.342 e. The van der Waals surface area contributed by atoms with Crippen molar-refractivity contribution < 1.29 is 14.0 Å². The van der Waals surface area contributed by atoms with Gasteiger partial charge in [0.2, 0.25) is 11.8 Å². The van der Waals surface area contributed by atoms with E-state index in [-0.39, 0.29) is 29.6 Å². The average molecular weight is 414 g/mol. The summed E-state index contributed by atoms with van der Waals surface area (Å²) in [5.41, 5.74) is 1.11. The molecule has 5 rings (SSSR count). The summed E-state index contributed by atoms with van der Waals surface area (Å²) >= 11 is 0. The number of benzene rings is 1. The van der Waals surface area contributed by atoms with Crippen LogP contribution >= 0.6 is 0 Å². The van der Waals surface area contributed by atoms with Gasteiger partial charge in [0.25, 0.3) is 0 Å². The molecule has 0 aromatic heterocycles. The number of hydrogen-bond acceptors (Lipinski definition) is 3. The van der Waals surface area contributed by atoms with Crippen LogP contribution in [0.1, 0.15) is 50.0 Å². The van der Waals surface area contributed by atoms with Crippen molar-refractivity contribution in [1.29, 1.82) is 0 Å². The van der Waals surface area contributed by atoms with E-state index in [0.717, 1.165) is 70.4 Å². The SMILES string of the molecule is O=C(CN1CC[C@@H]2[C@H](C1)[C@@H](c1ccc(F)cc1)CN2C(=O)C1CC1)N1CCCCC1. The summed E-state index contributed by atoms with van der Waals surface area (Å²) in [5.74, 6) is 1.07. The predicted molar refractivity (Wildman–Crippen MR) is 112 cm³/mol. The summed E-state index contributed by atoms with van der Waals surface area (Å²) in [6.07, 6.45) is 6.41. The largest absolute Gasteiger partial charge is 0.342 e. The van der Waals surface area contributed by atoms with Crippen molar-refractivity contribution >= 4 is 11.8 Å². The Morgan fingerprint density at radius 3 is 2.37 bits per heavy atom. The second-order valence-corrected chi connectivity index (χ2v) is 9.62. The topological polar surface area (TPSA) is 43.9 Å². The maximum absolute atomic E-state index is 13.5. The normalized spacial score (nSPS) is 29.7. The lowest BCUT2D eigenvalue weighted by molar-refractivity contribution is -0.136. The molecule has 1 aliphatic carbocycles. The van der Waals surface area contributed by atoms with Gasteiger partial charge >= 0.3 is 0 Å². The lowest BCUT2D eigenvalue weighted by Gasteiger charge is -2.39. The van der Waals surface area contributed by atoms with Gasteiger partial charge in [0.05, 0.1) is 6.54 Å². The molecule has 162 valence electrons. The quantitative estimate of drug-likeness (QED) is 0.763. The molecule has 4 aliphatic rings. The highest BCUT2D eigenvalue weighted by molar-refractivity contribution is 5.82. The van der Waals surface area contributed by atoms with E-state index in [1.54, 1.807) is 0 Å². The van der Waals surface area contributed by atoms with Gasteiger partial charge in [-0.25, -0.2) is 4.39 Å². The van der Waals surface area contributed by atoms with Gasteiger partial charge in [-0.2, -0.15) is 0 Å². The Morgan fingerprint density at radius 1 is 0.933 bits per heavy atom. The summed E-state index contributed by atoms with van der Waals surface area (Å²) in [4.78, 5) is 32.2. The molecule has 1 aromatic carbocycles. The van der Waals surface area contributed by atoms with Gasteiger partial charge in [0, 0.05) is 56.5 Å². The average Bonchev–Trinajstić information content (AvgIpc) is 3.56. The number of carbonyl (C=O) groups is 2. The van der Waals surface area contributed by atoms with E-state index in [1.165, 1.54) is 18.6 Å². The number of rotatable bonds is 4. The molecule has 0 N–H and O–H groups in total. The predicted octanol–water partition coefficient (Wildman–Crippen LogP) is 2.86. The van der Waals surface area contributed by atoms with E-state index in [1.807, 2.05) is 17.0 Å². The molecule has 0 radical (unpaired) electrons. The summed E-state index contributed by atoms with van der Waals surface area (Å²) in [6.45, 7) is 4.69. The molecular formula is C24H32FN3O2. The maximum atomic E-state index is 13.5. The monoisotopic (exact) mass is 413 g/mol. The van der Waals surface area contributed by atoms with Gasteiger partial charge in [0.15, 0.2) is 0 Å². The molecule has 30 heavy (non-hydrogen) atoms. The Hall–Kier alpha value is -1.95. The zero-order valence-corrected chi connectivity index (χ0v) is 17.6. The van der Waals surface area contributed by atoms with E-state index in [9.17, 15) is 14.0 Å². The second-order valence-electron chi connectivity index (χ2n) is 9.62. The number of likely N-dealkylation sites (tertiary alicyclic amines) is 3. The fourth-order valence-corrected chi connectivity index (χ4v) is 5.76. The van der Waals surface area contributed by atoms with Crippen LogP contribution in [0.4, 0.5) is 4.39 Å². The van der Waals surface area contributed by atoms with Crippen molar-refractivity contribution in [1.82, 2.24) is 14.7 Å². The Bertz CT molecular complexity index is 788. The van der Waals surface area contributed by atoms with Crippen LogP contribution in [0.15, 0.2) is 24.3 Å². The molecule has 4 fully saturated rings. The molecule has 3 saturated heterocycles. The molecule has 3 heterocycles. The van der Waals surface area contributed by atoms with Gasteiger partial charge in [0.1, 0.15) is 5.82 Å². The summed E-state index contributed by atoms with van der Waals surface area (Å²) in [6, 6.07) is 7.04. The van der Waals surface area contributed by atoms with Crippen molar-refractivity contribution in [2.75, 3.05) is 39.3 Å². The van der Waals surface area contributed by atoms with Gasteiger partial charge in [-0.3, -0.25) is 14.5 Å². The van der Waals surface area contributed by atoms with Crippen LogP contribution in [0.5, 0.6) is 0 Å². The van der Waals surface area contributed by atoms with Crippen LogP contribution in [0.2, 0.25) is 0 Å². The van der Waals surface area contributed by atoms with Crippen molar-refractivity contribution in [3.63, 3.8) is 0 Å². The number of fused-ring (bicyclic) bond motifs is 1. The van der Waals surface area contributed by atoms with Gasteiger partial charge in [-0.15, -0.1) is 0 Å². The van der Waals surface area contributed by atoms with Crippen LogP contribution in [-0.4, -0.2) is 71.8 Å². The van der Waals surface area contributed by atoms with Crippen LogP contribution < -0.4 is 0 Å². The van der Waals surface area contributed by atoms with Crippen molar-refractivity contribution in [2.24, 2.45) is 11.8 Å². The molecule has 1 aromatic rings. The molecule has 5 nitrogen and oxygen atoms in total. The zero-order chi connectivity index (χ0) is 20.7. The molecule has 0 spiro atoms. The molecular weight excluding hydrogens is 381 g/mol. The van der Waals surface area contributed by atoms with Crippen LogP contribution in [0.3, 0.4) is 0 Å². The third-order valence-corrected chi connectivity index (χ3v) is 7.59. The lowest BCUT2D eigenvalue weighted by Crippen LogP contribution is -2.51. The van der Waals surface area contributed by atoms with E-state index >= 15 is 0 Å². The molecule has 3 aliphatic heterocycles. The number of halogens is 1. The summed E-state index contributed by atoms with van der Waals surface area (Å²) < 4.78 is 13.5. The Kier molecular flexibility index (Phi) is 5.52. The van der Waals surface area contributed by atoms with E-state index in [2.05, 4.69) is 9.80 Å². The standard InChI is InChI=1S/C24H32FN3O2/c25-19-8-6-17(7-9-19)20-15-28(24(30)18-4-5-18)22-10-13-26(14-21(20)22)16-23(29)27-11-2-1-3-12-27/h6-9,18,20-22H,1-5,10-16H2/t20-,21-,22-/m1/s1. The maximum Gasteiger partial charge on any atom is 0.236 e. The molecule has 1 saturated carbocycles. The van der Waals surface area contributed by atoms with Crippen molar-refractivity contribution in [3.05, 3.63) is 35.6 Å². The minimum atomic E-state index is -0.225. The lowest BCUT2D eigenvalue weighted by atomic mass is 9.82. The zero-order valence-electron chi connectivity index (χ0n) is 17.6. The van der Waals surface area contributed by atoms with Gasteiger partial charge < -0.3 is 9.80 Å². The molecule has 6 heteroatoms. The van der Waals surface area contributed by atoms with Crippen molar-refractivity contribution in [2.45, 2.75) is 50.5 Å². The number of amides is 2. The molecule has 0 unspecified atom stereocenters. The Balaban J connectivity index is 1.31. The third kappa shape index (κ3) is 3.98. The summed E-state index contributed by atoms with van der Waals surface area (Å²) in [5, 5.41) is 0. The van der Waals surface area contributed by atoms with E-state index in [4.69, 9.17) is 0 Å². The first-order valence-corrected chi connectivity index (χ1v) is 11.7. The van der Waals surface area contributed by atoms with Gasteiger partial charge in [-0.1, -0.05) is 12.1 Å². The van der Waals surface area contributed by atoms with E-state index in [0.29, 0.717) is 18.4 Å². The minimum absolute atomic E-state index is 0.214. The molecule has 3 atom stereocenters.